The van der Waals surface area contributed by atoms with Gasteiger partial charge in [0.05, 0.1) is 5.76 Å². The molecule has 175 valence electrons. The quantitative estimate of drug-likeness (QED) is 0.135. The Kier molecular flexibility index (Phi) is 7.82. The fraction of sp³-hybridized carbons (Fsp3) is 0.148. The van der Waals surface area contributed by atoms with Gasteiger partial charge in [0, 0.05) is 31.7 Å². The molecule has 2 heterocycles. The van der Waals surface area contributed by atoms with Gasteiger partial charge in [0.1, 0.15) is 5.89 Å². The molecule has 2 aromatic heterocycles. The molecule has 0 saturated carbocycles. The van der Waals surface area contributed by atoms with Crippen LogP contribution in [0.25, 0.3) is 45.1 Å². The minimum absolute atomic E-state index is 0. The monoisotopic (exact) mass is 632 g/mol. The van der Waals surface area contributed by atoms with Crippen LogP contribution in [-0.4, -0.2) is 20.9 Å². The zero-order valence-electron chi connectivity index (χ0n) is 19.2. The average molecular weight is 632 g/mol. The maximum Gasteiger partial charge on any atom is 0.278 e. The number of fused-ring (bicyclic) bond motifs is 2. The second-order valence-corrected chi connectivity index (χ2v) is 7.86. The van der Waals surface area contributed by atoms with Crippen molar-refractivity contribution in [2.24, 2.45) is 0 Å². The van der Waals surface area contributed by atoms with Crippen LogP contribution in [0.2, 0.25) is 0 Å². The third-order valence-corrected chi connectivity index (χ3v) is 4.79. The Labute approximate surface area is 210 Å². The van der Waals surface area contributed by atoms with Crippen LogP contribution in [0.3, 0.4) is 0 Å². The van der Waals surface area contributed by atoms with Gasteiger partial charge >= 0.3 is 0 Å². The second-order valence-electron chi connectivity index (χ2n) is 7.86. The molecule has 0 atom stereocenters. The summed E-state index contributed by atoms with van der Waals surface area (Å²) >= 11 is 0. The van der Waals surface area contributed by atoms with Crippen LogP contribution in [0, 0.1) is 19.9 Å². The molecule has 0 aliphatic carbocycles. The average Bonchev–Trinajstić information content (AvgIpc) is 3.31. The van der Waals surface area contributed by atoms with Crippen molar-refractivity contribution in [1.29, 1.82) is 0 Å². The van der Waals surface area contributed by atoms with Crippen molar-refractivity contribution >= 4 is 28.0 Å². The molecule has 34 heavy (non-hydrogen) atoms. The number of carbonyl (C=O) groups is 1. The molecule has 0 saturated heterocycles. The van der Waals surface area contributed by atoms with E-state index in [4.69, 9.17) is 13.9 Å². The first-order valence-corrected chi connectivity index (χ1v) is 10.4. The number of aryl methyl sites for hydroxylation is 2. The summed E-state index contributed by atoms with van der Waals surface area (Å²) in [6, 6.07) is 21.4. The molecular weight excluding hydrogens is 609 g/mol. The maximum atomic E-state index is 10.0. The van der Waals surface area contributed by atoms with Gasteiger partial charge in [-0.2, -0.15) is 4.98 Å². The molecule has 0 amide bonds. The zero-order chi connectivity index (χ0) is 23.5. The van der Waals surface area contributed by atoms with Crippen LogP contribution in [-0.2, 0) is 24.9 Å². The number of oxazole rings is 2. The predicted molar refractivity (Wildman–Crippen MR) is 128 cm³/mol. The predicted octanol–water partition coefficient (Wildman–Crippen LogP) is 6.75. The Morgan fingerprint density at radius 3 is 2.18 bits per heavy atom. The maximum absolute atomic E-state index is 10.0. The molecule has 6 nitrogen and oxygen atoms in total. The summed E-state index contributed by atoms with van der Waals surface area (Å²) in [5, 5.41) is 10.5. The Balaban J connectivity index is 0.000000357. The summed E-state index contributed by atoms with van der Waals surface area (Å²) in [4.78, 5) is 19.0. The van der Waals surface area contributed by atoms with E-state index in [0.29, 0.717) is 23.2 Å². The minimum atomic E-state index is -0.125. The van der Waals surface area contributed by atoms with E-state index in [0.717, 1.165) is 33.0 Å². The molecule has 3 aromatic carbocycles. The van der Waals surface area contributed by atoms with E-state index in [1.54, 1.807) is 0 Å². The number of carbonyl (C=O) groups excluding carboxylic acids is 1. The summed E-state index contributed by atoms with van der Waals surface area (Å²) in [5.74, 6) is 0.925. The summed E-state index contributed by atoms with van der Waals surface area (Å²) in [7, 11) is 0. The fourth-order valence-electron chi connectivity index (χ4n) is 3.60. The number of nitrogens with zero attached hydrogens (tertiary/aromatic N) is 2. The van der Waals surface area contributed by atoms with E-state index in [2.05, 4.69) is 42.0 Å². The summed E-state index contributed by atoms with van der Waals surface area (Å²) < 4.78 is 11.7. The third kappa shape index (κ3) is 5.68. The minimum Gasteiger partial charge on any atom is -0.512 e. The Bertz CT molecular complexity index is 1440. The smallest absolute Gasteiger partial charge is 0.278 e. The van der Waals surface area contributed by atoms with Gasteiger partial charge in [-0.05, 0) is 39.8 Å². The number of aliphatic hydroxyl groups is 1. The Morgan fingerprint density at radius 2 is 1.56 bits per heavy atom. The Hall–Kier alpha value is -3.54. The number of aliphatic hydroxyl groups excluding tert-OH is 1. The number of rotatable bonds is 3. The molecule has 0 spiro atoms. The third-order valence-electron chi connectivity index (χ3n) is 4.79. The van der Waals surface area contributed by atoms with Gasteiger partial charge in [-0.15, -0.1) is 23.6 Å². The summed E-state index contributed by atoms with van der Waals surface area (Å²) in [5.41, 5.74) is 4.85. The van der Waals surface area contributed by atoms with E-state index < -0.39 is 0 Å². The number of ketones is 1. The molecule has 0 unspecified atom stereocenters. The van der Waals surface area contributed by atoms with Gasteiger partial charge in [-0.1, -0.05) is 52.4 Å². The first kappa shape index (κ1) is 25.1. The number of hydrogen-bond acceptors (Lipinski definition) is 6. The molecule has 1 N–H and O–H groups in total. The van der Waals surface area contributed by atoms with Crippen molar-refractivity contribution in [1.82, 2.24) is 9.97 Å². The number of benzene rings is 3. The van der Waals surface area contributed by atoms with Crippen molar-refractivity contribution in [3.05, 3.63) is 83.6 Å². The number of hydrogen-bond donors (Lipinski definition) is 1. The first-order valence-electron chi connectivity index (χ1n) is 10.4. The van der Waals surface area contributed by atoms with Crippen molar-refractivity contribution in [3.63, 3.8) is 0 Å². The number of allylic oxidation sites excluding steroid dienone is 2. The van der Waals surface area contributed by atoms with Gasteiger partial charge in [0.25, 0.3) is 11.4 Å². The largest absolute Gasteiger partial charge is 0.512 e. The van der Waals surface area contributed by atoms with Crippen molar-refractivity contribution < 1.29 is 38.8 Å². The normalized spacial score (nSPS) is 11.1. The van der Waals surface area contributed by atoms with E-state index in [1.165, 1.54) is 19.9 Å². The zero-order valence-corrected chi connectivity index (χ0v) is 21.6. The molecule has 5 rings (SSSR count). The van der Waals surface area contributed by atoms with E-state index in [-0.39, 0.29) is 31.6 Å². The molecule has 7 heteroatoms. The van der Waals surface area contributed by atoms with Crippen molar-refractivity contribution in [2.75, 3.05) is 0 Å². The summed E-state index contributed by atoms with van der Waals surface area (Å²) in [6.07, 6.45) is 1.17. The van der Waals surface area contributed by atoms with Crippen LogP contribution < -0.4 is 0 Å². The van der Waals surface area contributed by atoms with Gasteiger partial charge in [-0.3, -0.25) is 4.79 Å². The molecule has 5 aromatic rings. The van der Waals surface area contributed by atoms with Crippen LogP contribution in [0.15, 0.2) is 75.3 Å². The van der Waals surface area contributed by atoms with Crippen LogP contribution in [0.5, 0.6) is 0 Å². The molecule has 0 aliphatic heterocycles. The molecule has 0 aliphatic rings. The van der Waals surface area contributed by atoms with Gasteiger partial charge in [0.2, 0.25) is 5.89 Å². The molecule has 0 bridgehead atoms. The molecule has 0 fully saturated rings. The Morgan fingerprint density at radius 1 is 0.941 bits per heavy atom. The standard InChI is InChI=1S/C22H15N2O2.C5H8O2.Ir/c1-13-10-14(2)12-16(11-13)19-23-21-22(25-19)24-20(26-21)18-9-5-7-15-6-3-4-8-17(15)18;1-4(6)3-5(2)7;/h3-8,10-12H,1-2H3;3,6H,1-2H3;/q-1;;/b;4-3-;. The van der Waals surface area contributed by atoms with E-state index in [1.807, 2.05) is 42.5 Å². The van der Waals surface area contributed by atoms with Gasteiger partial charge < -0.3 is 13.9 Å². The molecule has 1 radical (unpaired) electrons. The van der Waals surface area contributed by atoms with Gasteiger partial charge in [0.15, 0.2) is 5.78 Å². The van der Waals surface area contributed by atoms with Crippen LogP contribution in [0.4, 0.5) is 0 Å². The van der Waals surface area contributed by atoms with Crippen molar-refractivity contribution in [2.45, 2.75) is 27.7 Å². The van der Waals surface area contributed by atoms with E-state index in [9.17, 15) is 4.79 Å². The fourth-order valence-corrected chi connectivity index (χ4v) is 3.60. The van der Waals surface area contributed by atoms with Crippen molar-refractivity contribution in [3.8, 4) is 22.9 Å². The summed E-state index contributed by atoms with van der Waals surface area (Å²) in [6.45, 7) is 6.95. The van der Waals surface area contributed by atoms with Gasteiger partial charge in [-0.25, -0.2) is 4.98 Å². The SMILES string of the molecule is CC(=O)/C=C(/C)O.Cc1cc(C)cc(-c2nc3oc(-c4[c-]ccc5ccccc45)nc3o2)c1.[Ir]. The second kappa shape index (κ2) is 10.6. The topological polar surface area (TPSA) is 89.4 Å². The van der Waals surface area contributed by atoms with Crippen LogP contribution >= 0.6 is 0 Å². The number of aromatic nitrogens is 2. The van der Waals surface area contributed by atoms with Crippen LogP contribution in [0.1, 0.15) is 25.0 Å². The molecular formula is C27H23IrN2O4-. The van der Waals surface area contributed by atoms with E-state index >= 15 is 0 Å². The first-order chi connectivity index (χ1) is 15.8.